The third-order valence-corrected chi connectivity index (χ3v) is 3.62. The predicted octanol–water partition coefficient (Wildman–Crippen LogP) is 2.79. The first-order chi connectivity index (χ1) is 7.87. The average Bonchev–Trinajstić information content (AvgIpc) is 2.27. The van der Waals surface area contributed by atoms with Crippen LogP contribution in [0.25, 0.3) is 0 Å². The molecule has 1 amide bonds. The second kappa shape index (κ2) is 7.70. The smallest absolute Gasteiger partial charge is 0.222 e. The first-order valence-corrected chi connectivity index (χ1v) is 6.87. The molecule has 102 valence electrons. The molecule has 0 aromatic rings. The average molecular weight is 242 g/mol. The number of hydrogen-bond acceptors (Lipinski definition) is 2. The number of carbonyl (C=O) groups excluding carboxylic acids is 1. The van der Waals surface area contributed by atoms with Crippen LogP contribution in [0.2, 0.25) is 0 Å². The number of amides is 1. The van der Waals surface area contributed by atoms with E-state index in [1.807, 2.05) is 4.90 Å². The van der Waals surface area contributed by atoms with Crippen LogP contribution in [0.15, 0.2) is 0 Å². The van der Waals surface area contributed by atoms with Crippen LogP contribution in [0, 0.1) is 5.41 Å². The van der Waals surface area contributed by atoms with Crippen molar-refractivity contribution in [3.63, 3.8) is 0 Å². The Morgan fingerprint density at radius 3 is 2.29 bits per heavy atom. The van der Waals surface area contributed by atoms with Crippen LogP contribution in [0.5, 0.6) is 0 Å². The van der Waals surface area contributed by atoms with E-state index >= 15 is 0 Å². The van der Waals surface area contributed by atoms with Gasteiger partial charge in [0.05, 0.1) is 0 Å². The molecule has 0 aliphatic rings. The Labute approximate surface area is 107 Å². The zero-order valence-corrected chi connectivity index (χ0v) is 12.3. The second-order valence-electron chi connectivity index (χ2n) is 5.64. The van der Waals surface area contributed by atoms with E-state index in [0.717, 1.165) is 25.8 Å². The first-order valence-electron chi connectivity index (χ1n) is 6.87. The third-order valence-electron chi connectivity index (χ3n) is 3.62. The highest BCUT2D eigenvalue weighted by atomic mass is 16.2. The maximum atomic E-state index is 12.1. The fourth-order valence-electron chi connectivity index (χ4n) is 2.06. The zero-order chi connectivity index (χ0) is 13.5. The molecule has 0 spiro atoms. The molecule has 2 N–H and O–H groups in total. The summed E-state index contributed by atoms with van der Waals surface area (Å²) in [7, 11) is 0. The van der Waals surface area contributed by atoms with Gasteiger partial charge in [-0.05, 0) is 45.1 Å². The molecular formula is C14H30N2O. The van der Waals surface area contributed by atoms with Gasteiger partial charge in [-0.1, -0.05) is 20.8 Å². The summed E-state index contributed by atoms with van der Waals surface area (Å²) in [5.74, 6) is 0.284. The lowest BCUT2D eigenvalue weighted by Crippen LogP contribution is -2.38. The maximum Gasteiger partial charge on any atom is 0.222 e. The molecule has 0 saturated carbocycles. The van der Waals surface area contributed by atoms with Gasteiger partial charge in [0.25, 0.3) is 0 Å². The van der Waals surface area contributed by atoms with Crippen LogP contribution in [0.3, 0.4) is 0 Å². The minimum absolute atomic E-state index is 0.180. The van der Waals surface area contributed by atoms with E-state index in [1.54, 1.807) is 0 Å². The lowest BCUT2D eigenvalue weighted by Gasteiger charge is -2.29. The number of carbonyl (C=O) groups is 1. The molecule has 0 aliphatic carbocycles. The molecule has 0 fully saturated rings. The summed E-state index contributed by atoms with van der Waals surface area (Å²) in [6.45, 7) is 12.2. The Balaban J connectivity index is 4.24. The van der Waals surface area contributed by atoms with Crippen LogP contribution in [0.4, 0.5) is 0 Å². The van der Waals surface area contributed by atoms with Crippen LogP contribution in [-0.4, -0.2) is 29.9 Å². The lowest BCUT2D eigenvalue weighted by molar-refractivity contribution is -0.133. The molecule has 3 heteroatoms. The maximum absolute atomic E-state index is 12.1. The van der Waals surface area contributed by atoms with Gasteiger partial charge in [-0.3, -0.25) is 4.79 Å². The van der Waals surface area contributed by atoms with Crippen LogP contribution in [0.1, 0.15) is 60.3 Å². The Kier molecular flexibility index (Phi) is 7.44. The van der Waals surface area contributed by atoms with Gasteiger partial charge in [-0.15, -0.1) is 0 Å². The highest BCUT2D eigenvalue weighted by molar-refractivity contribution is 5.76. The Morgan fingerprint density at radius 1 is 1.29 bits per heavy atom. The van der Waals surface area contributed by atoms with E-state index in [2.05, 4.69) is 34.6 Å². The van der Waals surface area contributed by atoms with Gasteiger partial charge in [0.1, 0.15) is 0 Å². The summed E-state index contributed by atoms with van der Waals surface area (Å²) in [5.41, 5.74) is 5.76. The van der Waals surface area contributed by atoms with E-state index in [-0.39, 0.29) is 11.3 Å². The van der Waals surface area contributed by atoms with Crippen LogP contribution in [-0.2, 0) is 4.79 Å². The molecule has 0 radical (unpaired) electrons. The summed E-state index contributed by atoms with van der Waals surface area (Å²) in [5, 5.41) is 0. The molecule has 0 aliphatic heterocycles. The molecule has 0 aromatic carbocycles. The van der Waals surface area contributed by atoms with E-state index in [1.165, 1.54) is 0 Å². The molecule has 0 bridgehead atoms. The summed E-state index contributed by atoms with van der Waals surface area (Å²) in [6, 6.07) is 0.352. The first kappa shape index (κ1) is 16.4. The summed E-state index contributed by atoms with van der Waals surface area (Å²) in [6.07, 6.45) is 3.57. The Hall–Kier alpha value is -0.570. The Morgan fingerprint density at radius 2 is 1.88 bits per heavy atom. The molecule has 17 heavy (non-hydrogen) atoms. The van der Waals surface area contributed by atoms with Gasteiger partial charge in [0.2, 0.25) is 5.91 Å². The molecule has 1 unspecified atom stereocenters. The highest BCUT2D eigenvalue weighted by Gasteiger charge is 2.22. The predicted molar refractivity (Wildman–Crippen MR) is 73.8 cm³/mol. The van der Waals surface area contributed by atoms with Gasteiger partial charge in [-0.25, -0.2) is 0 Å². The SMILES string of the molecule is CCC(C)N(CC)C(=O)CCC(C)(C)CCN. The van der Waals surface area contributed by atoms with Gasteiger partial charge in [0.15, 0.2) is 0 Å². The lowest BCUT2D eigenvalue weighted by atomic mass is 9.84. The van der Waals surface area contributed by atoms with Crippen molar-refractivity contribution in [3.8, 4) is 0 Å². The van der Waals surface area contributed by atoms with Crippen LogP contribution >= 0.6 is 0 Å². The molecular weight excluding hydrogens is 212 g/mol. The number of nitrogens with two attached hydrogens (primary N) is 1. The zero-order valence-electron chi connectivity index (χ0n) is 12.3. The van der Waals surface area contributed by atoms with Gasteiger partial charge in [0, 0.05) is 19.0 Å². The van der Waals surface area contributed by atoms with E-state index in [0.29, 0.717) is 19.0 Å². The second-order valence-corrected chi connectivity index (χ2v) is 5.64. The van der Waals surface area contributed by atoms with Gasteiger partial charge < -0.3 is 10.6 Å². The summed E-state index contributed by atoms with van der Waals surface area (Å²) < 4.78 is 0. The fraction of sp³-hybridized carbons (Fsp3) is 0.929. The largest absolute Gasteiger partial charge is 0.340 e. The van der Waals surface area contributed by atoms with Crippen molar-refractivity contribution < 1.29 is 4.79 Å². The molecule has 3 nitrogen and oxygen atoms in total. The van der Waals surface area contributed by atoms with Crippen molar-refractivity contribution in [1.82, 2.24) is 4.90 Å². The summed E-state index contributed by atoms with van der Waals surface area (Å²) >= 11 is 0. The van der Waals surface area contributed by atoms with Crippen molar-refractivity contribution in [2.45, 2.75) is 66.3 Å². The minimum atomic E-state index is 0.180. The topological polar surface area (TPSA) is 46.3 Å². The minimum Gasteiger partial charge on any atom is -0.340 e. The van der Waals surface area contributed by atoms with Crippen molar-refractivity contribution in [2.24, 2.45) is 11.1 Å². The highest BCUT2D eigenvalue weighted by Crippen LogP contribution is 2.26. The quantitative estimate of drug-likeness (QED) is 0.711. The normalized spacial score (nSPS) is 13.5. The van der Waals surface area contributed by atoms with Gasteiger partial charge in [-0.2, -0.15) is 0 Å². The summed E-state index contributed by atoms with van der Waals surface area (Å²) in [4.78, 5) is 14.1. The third kappa shape index (κ3) is 6.06. The fourth-order valence-corrected chi connectivity index (χ4v) is 2.06. The van der Waals surface area contributed by atoms with Crippen molar-refractivity contribution in [3.05, 3.63) is 0 Å². The number of rotatable bonds is 8. The number of hydrogen-bond donors (Lipinski definition) is 1. The molecule has 0 aromatic heterocycles. The van der Waals surface area contributed by atoms with E-state index in [4.69, 9.17) is 5.73 Å². The molecule has 0 saturated heterocycles. The Bertz CT molecular complexity index is 226. The molecule has 1 atom stereocenters. The monoisotopic (exact) mass is 242 g/mol. The number of nitrogens with zero attached hydrogens (tertiary/aromatic N) is 1. The standard InChI is InChI=1S/C14H30N2O/c1-6-12(3)16(7-2)13(17)8-9-14(4,5)10-11-15/h12H,6-11,15H2,1-5H3. The molecule has 0 heterocycles. The van der Waals surface area contributed by atoms with Crippen molar-refractivity contribution in [1.29, 1.82) is 0 Å². The van der Waals surface area contributed by atoms with Crippen molar-refractivity contribution in [2.75, 3.05) is 13.1 Å². The van der Waals surface area contributed by atoms with Gasteiger partial charge >= 0.3 is 0 Å². The van der Waals surface area contributed by atoms with E-state index in [9.17, 15) is 4.79 Å². The van der Waals surface area contributed by atoms with E-state index < -0.39 is 0 Å². The van der Waals surface area contributed by atoms with Crippen molar-refractivity contribution >= 4 is 5.91 Å². The molecule has 0 rings (SSSR count). The van der Waals surface area contributed by atoms with Crippen LogP contribution < -0.4 is 5.73 Å².